The van der Waals surface area contributed by atoms with Crippen molar-refractivity contribution in [3.8, 4) is 0 Å². The molecule has 0 aromatic heterocycles. The summed E-state index contributed by atoms with van der Waals surface area (Å²) in [6.07, 6.45) is 2.17. The number of rotatable bonds is 5. The molecule has 0 unspecified atom stereocenters. The normalized spacial score (nSPS) is 9.79. The van der Waals surface area contributed by atoms with Crippen LogP contribution in [0.25, 0.3) is 0 Å². The van der Waals surface area contributed by atoms with Gasteiger partial charge in [0, 0.05) is 0 Å². The van der Waals surface area contributed by atoms with Gasteiger partial charge in [-0.3, -0.25) is 4.79 Å². The number of hydrogen-bond acceptors (Lipinski definition) is 2. The van der Waals surface area contributed by atoms with Crippen LogP contribution in [0.5, 0.6) is 0 Å². The van der Waals surface area contributed by atoms with Crippen molar-refractivity contribution in [3.05, 3.63) is 42.5 Å². The quantitative estimate of drug-likeness (QED) is 0.528. The zero-order chi connectivity index (χ0) is 10.2. The highest BCUT2D eigenvalue weighted by Gasteiger charge is 2.03. The van der Waals surface area contributed by atoms with E-state index >= 15 is 0 Å². The predicted molar refractivity (Wildman–Crippen MR) is 55.4 cm³/mol. The molecule has 0 saturated carbocycles. The molecule has 0 spiro atoms. The number of benzene rings is 1. The Balaban J connectivity index is 2.27. The fourth-order valence-electron chi connectivity index (χ4n) is 1.07. The van der Waals surface area contributed by atoms with Crippen LogP contribution in [0.1, 0.15) is 25.3 Å². The lowest BCUT2D eigenvalue weighted by atomic mass is 10.2. The monoisotopic (exact) mass is 191 g/mol. The maximum atomic E-state index is 11.2. The minimum absolute atomic E-state index is 0.190. The van der Waals surface area contributed by atoms with Crippen LogP contribution in [-0.4, -0.2) is 5.97 Å². The highest BCUT2D eigenvalue weighted by molar-refractivity contribution is 5.72. The smallest absolute Gasteiger partial charge is 0.310 e. The zero-order valence-corrected chi connectivity index (χ0v) is 8.40. The molecule has 0 fully saturated rings. The van der Waals surface area contributed by atoms with E-state index in [1.54, 1.807) is 6.61 Å². The van der Waals surface area contributed by atoms with E-state index < -0.39 is 0 Å². The van der Waals surface area contributed by atoms with Gasteiger partial charge in [-0.15, -0.1) is 0 Å². The van der Waals surface area contributed by atoms with Gasteiger partial charge in [0.15, 0.2) is 0 Å². The zero-order valence-electron chi connectivity index (χ0n) is 8.40. The van der Waals surface area contributed by atoms with Crippen LogP contribution in [0.2, 0.25) is 0 Å². The summed E-state index contributed by atoms with van der Waals surface area (Å²) in [5.74, 6) is -0.190. The second-order valence-corrected chi connectivity index (χ2v) is 3.11. The lowest BCUT2D eigenvalue weighted by Crippen LogP contribution is -2.05. The first kappa shape index (κ1) is 10.8. The van der Waals surface area contributed by atoms with Crippen molar-refractivity contribution in [3.63, 3.8) is 0 Å². The van der Waals surface area contributed by atoms with Gasteiger partial charge in [-0.25, -0.2) is 0 Å². The summed E-state index contributed by atoms with van der Waals surface area (Å²) in [4.78, 5) is 11.2. The third-order valence-corrected chi connectivity index (χ3v) is 1.81. The molecule has 75 valence electrons. The summed E-state index contributed by atoms with van der Waals surface area (Å²) in [5, 5.41) is 0. The van der Waals surface area contributed by atoms with Crippen LogP contribution in [-0.2, 0) is 16.0 Å². The van der Waals surface area contributed by atoms with Crippen LogP contribution in [0.15, 0.2) is 30.3 Å². The number of unbranched alkanes of at least 4 members (excludes halogenated alkanes) is 1. The first-order valence-corrected chi connectivity index (χ1v) is 4.88. The topological polar surface area (TPSA) is 26.3 Å². The highest BCUT2D eigenvalue weighted by Crippen LogP contribution is 2.02. The minimum atomic E-state index is -0.190. The van der Waals surface area contributed by atoms with Crippen molar-refractivity contribution in [2.24, 2.45) is 0 Å². The average Bonchev–Trinajstić information content (AvgIpc) is 2.20. The predicted octanol–water partition coefficient (Wildman–Crippen LogP) is 2.73. The van der Waals surface area contributed by atoms with Crippen molar-refractivity contribution < 1.29 is 9.53 Å². The molecular weight excluding hydrogens is 176 g/mol. The van der Waals surface area contributed by atoms with Gasteiger partial charge >= 0.3 is 5.97 Å². The van der Waals surface area contributed by atoms with E-state index in [0.29, 0.717) is 6.42 Å². The van der Waals surface area contributed by atoms with E-state index in [0.717, 1.165) is 18.4 Å². The third kappa shape index (κ3) is 4.08. The molecule has 1 radical (unpaired) electrons. The number of carbonyl (C=O) groups excluding carboxylic acids is 1. The van der Waals surface area contributed by atoms with Gasteiger partial charge in [-0.1, -0.05) is 43.7 Å². The number of ether oxygens (including phenoxy) is 1. The van der Waals surface area contributed by atoms with Crippen molar-refractivity contribution in [2.75, 3.05) is 0 Å². The SMILES string of the molecule is CCC[CH]OC(=O)Cc1ccccc1. The minimum Gasteiger partial charge on any atom is -0.458 e. The molecule has 0 amide bonds. The summed E-state index contributed by atoms with van der Waals surface area (Å²) in [6.45, 7) is 3.62. The van der Waals surface area contributed by atoms with Crippen LogP contribution in [0.4, 0.5) is 0 Å². The Kier molecular flexibility index (Phi) is 4.76. The number of esters is 1. The van der Waals surface area contributed by atoms with Crippen molar-refractivity contribution in [1.29, 1.82) is 0 Å². The highest BCUT2D eigenvalue weighted by atomic mass is 16.5. The molecule has 0 aliphatic carbocycles. The molecule has 2 heteroatoms. The second-order valence-electron chi connectivity index (χ2n) is 3.11. The van der Waals surface area contributed by atoms with E-state index in [1.165, 1.54) is 0 Å². The Morgan fingerprint density at radius 3 is 2.71 bits per heavy atom. The fourth-order valence-corrected chi connectivity index (χ4v) is 1.07. The van der Waals surface area contributed by atoms with Crippen molar-refractivity contribution in [2.45, 2.75) is 26.2 Å². The Hall–Kier alpha value is -1.31. The lowest BCUT2D eigenvalue weighted by Gasteiger charge is -2.02. The molecule has 0 aliphatic rings. The van der Waals surface area contributed by atoms with Crippen LogP contribution in [0.3, 0.4) is 0 Å². The molecule has 0 heterocycles. The third-order valence-electron chi connectivity index (χ3n) is 1.81. The van der Waals surface area contributed by atoms with Gasteiger partial charge < -0.3 is 4.74 Å². The molecule has 1 rings (SSSR count). The molecule has 0 bridgehead atoms. The summed E-state index contributed by atoms with van der Waals surface area (Å²) in [6, 6.07) is 9.59. The maximum absolute atomic E-state index is 11.2. The first-order chi connectivity index (χ1) is 6.83. The van der Waals surface area contributed by atoms with Gasteiger partial charge in [-0.05, 0) is 12.0 Å². The molecule has 14 heavy (non-hydrogen) atoms. The van der Waals surface area contributed by atoms with Crippen LogP contribution < -0.4 is 0 Å². The van der Waals surface area contributed by atoms with Crippen molar-refractivity contribution in [1.82, 2.24) is 0 Å². The van der Waals surface area contributed by atoms with Gasteiger partial charge in [0.1, 0.15) is 6.61 Å². The molecule has 0 saturated heterocycles. The molecule has 2 nitrogen and oxygen atoms in total. The second kappa shape index (κ2) is 6.19. The summed E-state index contributed by atoms with van der Waals surface area (Å²) in [7, 11) is 0. The molecule has 0 atom stereocenters. The van der Waals surface area contributed by atoms with Gasteiger partial charge in [0.05, 0.1) is 6.42 Å². The Bertz CT molecular complexity index is 267. The fraction of sp³-hybridized carbons (Fsp3) is 0.333. The molecule has 0 N–H and O–H groups in total. The Labute approximate surface area is 84.9 Å². The Morgan fingerprint density at radius 1 is 1.36 bits per heavy atom. The van der Waals surface area contributed by atoms with E-state index in [2.05, 4.69) is 0 Å². The van der Waals surface area contributed by atoms with Crippen LogP contribution >= 0.6 is 0 Å². The molecule has 0 aliphatic heterocycles. The number of carbonyl (C=O) groups is 1. The summed E-state index contributed by atoms with van der Waals surface area (Å²) >= 11 is 0. The van der Waals surface area contributed by atoms with E-state index in [9.17, 15) is 4.79 Å². The van der Waals surface area contributed by atoms with E-state index in [4.69, 9.17) is 4.74 Å². The standard InChI is InChI=1S/C12H15O2/c1-2-3-9-14-12(13)10-11-7-5-4-6-8-11/h4-9H,2-3,10H2,1H3. The van der Waals surface area contributed by atoms with E-state index in [-0.39, 0.29) is 5.97 Å². The van der Waals surface area contributed by atoms with Gasteiger partial charge in [0.2, 0.25) is 0 Å². The molecular formula is C12H15O2. The Morgan fingerprint density at radius 2 is 2.07 bits per heavy atom. The molecule has 1 aromatic carbocycles. The first-order valence-electron chi connectivity index (χ1n) is 4.88. The van der Waals surface area contributed by atoms with E-state index in [1.807, 2.05) is 37.3 Å². The van der Waals surface area contributed by atoms with Crippen molar-refractivity contribution >= 4 is 5.97 Å². The van der Waals surface area contributed by atoms with Gasteiger partial charge in [0.25, 0.3) is 0 Å². The summed E-state index contributed by atoms with van der Waals surface area (Å²) < 4.78 is 4.92. The summed E-state index contributed by atoms with van der Waals surface area (Å²) in [5.41, 5.74) is 0.988. The van der Waals surface area contributed by atoms with Gasteiger partial charge in [-0.2, -0.15) is 0 Å². The lowest BCUT2D eigenvalue weighted by molar-refractivity contribution is -0.139. The maximum Gasteiger partial charge on any atom is 0.310 e. The largest absolute Gasteiger partial charge is 0.458 e. The van der Waals surface area contributed by atoms with Crippen LogP contribution in [0, 0.1) is 6.61 Å². The number of hydrogen-bond donors (Lipinski definition) is 0. The average molecular weight is 191 g/mol. The molecule has 1 aromatic rings.